The van der Waals surface area contributed by atoms with Crippen molar-refractivity contribution in [1.29, 1.82) is 0 Å². The van der Waals surface area contributed by atoms with Crippen molar-refractivity contribution in [1.82, 2.24) is 5.32 Å². The van der Waals surface area contributed by atoms with Gasteiger partial charge in [0.25, 0.3) is 0 Å². The molecular formula is C17H22FNS. The predicted octanol–water partition coefficient (Wildman–Crippen LogP) is 4.29. The first-order valence-corrected chi connectivity index (χ1v) is 8.18. The Morgan fingerprint density at radius 3 is 2.75 bits per heavy atom. The van der Waals surface area contributed by atoms with Gasteiger partial charge in [0.1, 0.15) is 5.82 Å². The lowest BCUT2D eigenvalue weighted by Crippen LogP contribution is -2.26. The first-order chi connectivity index (χ1) is 9.78. The number of hydrogen-bond donors (Lipinski definition) is 1. The van der Waals surface area contributed by atoms with Crippen molar-refractivity contribution in [2.24, 2.45) is 5.92 Å². The molecule has 0 aliphatic rings. The van der Waals surface area contributed by atoms with Crippen molar-refractivity contribution in [3.8, 4) is 0 Å². The average molecular weight is 291 g/mol. The molecule has 1 unspecified atom stereocenters. The highest BCUT2D eigenvalue weighted by molar-refractivity contribution is 7.07. The lowest BCUT2D eigenvalue weighted by Gasteiger charge is -2.17. The van der Waals surface area contributed by atoms with Gasteiger partial charge in [-0.05, 0) is 78.4 Å². The summed E-state index contributed by atoms with van der Waals surface area (Å²) in [6, 6.07) is 9.16. The van der Waals surface area contributed by atoms with Crippen molar-refractivity contribution in [2.75, 3.05) is 13.1 Å². The van der Waals surface area contributed by atoms with Crippen molar-refractivity contribution in [3.63, 3.8) is 0 Å². The minimum atomic E-state index is -0.140. The van der Waals surface area contributed by atoms with Crippen LogP contribution < -0.4 is 5.32 Å². The molecule has 1 aromatic heterocycles. The summed E-state index contributed by atoms with van der Waals surface area (Å²) >= 11 is 1.74. The normalized spacial score (nSPS) is 12.5. The number of rotatable bonds is 8. The van der Waals surface area contributed by atoms with E-state index in [-0.39, 0.29) is 5.82 Å². The van der Waals surface area contributed by atoms with Gasteiger partial charge in [-0.2, -0.15) is 11.3 Å². The lowest BCUT2D eigenvalue weighted by atomic mass is 9.93. The molecule has 0 amide bonds. The van der Waals surface area contributed by atoms with E-state index >= 15 is 0 Å². The number of thiophene rings is 1. The van der Waals surface area contributed by atoms with Gasteiger partial charge in [0.2, 0.25) is 0 Å². The van der Waals surface area contributed by atoms with E-state index in [1.807, 2.05) is 6.07 Å². The van der Waals surface area contributed by atoms with E-state index in [4.69, 9.17) is 0 Å². The van der Waals surface area contributed by atoms with Crippen LogP contribution in [0.15, 0.2) is 41.1 Å². The summed E-state index contributed by atoms with van der Waals surface area (Å²) in [6.45, 7) is 4.21. The maximum Gasteiger partial charge on any atom is 0.123 e. The third-order valence-electron chi connectivity index (χ3n) is 3.38. The quantitative estimate of drug-likeness (QED) is 0.716. The van der Waals surface area contributed by atoms with Crippen LogP contribution in [0.5, 0.6) is 0 Å². The van der Waals surface area contributed by atoms with Crippen LogP contribution in [0.25, 0.3) is 0 Å². The molecule has 0 saturated carbocycles. The van der Waals surface area contributed by atoms with E-state index in [9.17, 15) is 4.39 Å². The fraction of sp³-hybridized carbons (Fsp3) is 0.412. The number of nitrogens with one attached hydrogen (secondary N) is 1. The van der Waals surface area contributed by atoms with E-state index in [0.717, 1.165) is 37.9 Å². The fourth-order valence-electron chi connectivity index (χ4n) is 2.44. The third-order valence-corrected chi connectivity index (χ3v) is 4.11. The van der Waals surface area contributed by atoms with E-state index in [1.54, 1.807) is 23.5 Å². The second-order valence-corrected chi connectivity index (χ2v) is 6.02. The maximum absolute atomic E-state index is 13.3. The van der Waals surface area contributed by atoms with E-state index in [1.165, 1.54) is 11.6 Å². The molecule has 1 aromatic carbocycles. The first-order valence-electron chi connectivity index (χ1n) is 7.24. The van der Waals surface area contributed by atoms with Crippen LogP contribution in [-0.4, -0.2) is 13.1 Å². The van der Waals surface area contributed by atoms with E-state index in [0.29, 0.717) is 5.92 Å². The topological polar surface area (TPSA) is 12.0 Å². The average Bonchev–Trinajstić information content (AvgIpc) is 2.92. The summed E-state index contributed by atoms with van der Waals surface area (Å²) < 4.78 is 13.3. The Morgan fingerprint density at radius 2 is 2.05 bits per heavy atom. The monoisotopic (exact) mass is 291 g/mol. The Balaban J connectivity index is 1.97. The van der Waals surface area contributed by atoms with Crippen LogP contribution in [0.2, 0.25) is 0 Å². The fourth-order valence-corrected chi connectivity index (χ4v) is 3.12. The number of benzene rings is 1. The maximum atomic E-state index is 13.3. The molecule has 2 aromatic rings. The van der Waals surface area contributed by atoms with Gasteiger partial charge >= 0.3 is 0 Å². The second-order valence-electron chi connectivity index (χ2n) is 5.24. The van der Waals surface area contributed by atoms with E-state index in [2.05, 4.69) is 29.1 Å². The molecule has 20 heavy (non-hydrogen) atoms. The van der Waals surface area contributed by atoms with Gasteiger partial charge < -0.3 is 5.32 Å². The minimum Gasteiger partial charge on any atom is -0.316 e. The van der Waals surface area contributed by atoms with Gasteiger partial charge in [-0.15, -0.1) is 0 Å². The second kappa shape index (κ2) is 8.18. The molecule has 1 heterocycles. The Kier molecular flexibility index (Phi) is 6.22. The number of hydrogen-bond acceptors (Lipinski definition) is 2. The highest BCUT2D eigenvalue weighted by Gasteiger charge is 2.11. The molecular weight excluding hydrogens is 269 g/mol. The van der Waals surface area contributed by atoms with Gasteiger partial charge in [-0.25, -0.2) is 4.39 Å². The number of halogens is 1. The lowest BCUT2D eigenvalue weighted by molar-refractivity contribution is 0.470. The van der Waals surface area contributed by atoms with Crippen LogP contribution in [0, 0.1) is 11.7 Å². The SMILES string of the molecule is CCCNCC(Cc1ccsc1)Cc1cccc(F)c1. The van der Waals surface area contributed by atoms with Crippen LogP contribution in [-0.2, 0) is 12.8 Å². The van der Waals surface area contributed by atoms with Crippen LogP contribution in [0.1, 0.15) is 24.5 Å². The zero-order valence-electron chi connectivity index (χ0n) is 11.9. The molecule has 0 fully saturated rings. The van der Waals surface area contributed by atoms with Crippen LogP contribution in [0.4, 0.5) is 4.39 Å². The van der Waals surface area contributed by atoms with Crippen molar-refractivity contribution in [2.45, 2.75) is 26.2 Å². The predicted molar refractivity (Wildman–Crippen MR) is 84.8 cm³/mol. The summed E-state index contributed by atoms with van der Waals surface area (Å²) in [5.41, 5.74) is 2.47. The molecule has 1 atom stereocenters. The summed E-state index contributed by atoms with van der Waals surface area (Å²) in [5.74, 6) is 0.372. The summed E-state index contributed by atoms with van der Waals surface area (Å²) in [5, 5.41) is 7.82. The van der Waals surface area contributed by atoms with Crippen molar-refractivity contribution < 1.29 is 4.39 Å². The Labute approximate surface area is 124 Å². The zero-order valence-corrected chi connectivity index (χ0v) is 12.8. The largest absolute Gasteiger partial charge is 0.316 e. The Hall–Kier alpha value is -1.19. The molecule has 1 nitrogen and oxygen atoms in total. The molecule has 0 spiro atoms. The molecule has 3 heteroatoms. The molecule has 0 aliphatic carbocycles. The van der Waals surface area contributed by atoms with Crippen molar-refractivity contribution >= 4 is 11.3 Å². The molecule has 108 valence electrons. The minimum absolute atomic E-state index is 0.140. The molecule has 2 rings (SSSR count). The highest BCUT2D eigenvalue weighted by atomic mass is 32.1. The summed E-state index contributed by atoms with van der Waals surface area (Å²) in [4.78, 5) is 0. The summed E-state index contributed by atoms with van der Waals surface area (Å²) in [7, 11) is 0. The third kappa shape index (κ3) is 5.06. The standard InChI is InChI=1S/C17H22FNS/c1-2-7-19-12-16(10-15-6-8-20-13-15)9-14-4-3-5-17(18)11-14/h3-6,8,11,13,16,19H,2,7,9-10,12H2,1H3. The van der Waals surface area contributed by atoms with E-state index < -0.39 is 0 Å². The van der Waals surface area contributed by atoms with Gasteiger partial charge in [0.15, 0.2) is 0 Å². The molecule has 0 aliphatic heterocycles. The molecule has 0 bridgehead atoms. The zero-order chi connectivity index (χ0) is 14.2. The highest BCUT2D eigenvalue weighted by Crippen LogP contribution is 2.17. The van der Waals surface area contributed by atoms with Gasteiger partial charge in [-0.1, -0.05) is 19.1 Å². The molecule has 0 radical (unpaired) electrons. The van der Waals surface area contributed by atoms with Gasteiger partial charge in [0.05, 0.1) is 0 Å². The molecule has 0 saturated heterocycles. The van der Waals surface area contributed by atoms with Gasteiger partial charge in [0, 0.05) is 0 Å². The first kappa shape index (κ1) is 15.2. The van der Waals surface area contributed by atoms with Gasteiger partial charge in [-0.3, -0.25) is 0 Å². The summed E-state index contributed by atoms with van der Waals surface area (Å²) in [6.07, 6.45) is 3.12. The van der Waals surface area contributed by atoms with Crippen LogP contribution in [0.3, 0.4) is 0 Å². The molecule has 1 N–H and O–H groups in total. The Bertz CT molecular complexity index is 495. The Morgan fingerprint density at radius 1 is 1.20 bits per heavy atom. The van der Waals surface area contributed by atoms with Crippen LogP contribution >= 0.6 is 11.3 Å². The smallest absolute Gasteiger partial charge is 0.123 e. The van der Waals surface area contributed by atoms with Crippen molar-refractivity contribution in [3.05, 3.63) is 58.0 Å².